The number of methoxy groups -OCH3 is 1. The molecule has 2 unspecified atom stereocenters. The third kappa shape index (κ3) is 11.0. The molecule has 6 atom stereocenters. The molecule has 258 valence electrons. The first-order chi connectivity index (χ1) is 21.5. The zero-order chi connectivity index (χ0) is 34.8. The summed E-state index contributed by atoms with van der Waals surface area (Å²) < 4.78 is 18.0. The molecule has 2 rings (SSSR count). The molecular weight excluding hydrogens is 629 g/mol. The molecule has 1 aromatic heterocycles. The highest BCUT2D eigenvalue weighted by Crippen LogP contribution is 2.41. The van der Waals surface area contributed by atoms with Gasteiger partial charge in [-0.1, -0.05) is 78.3 Å². The number of ether oxygens (including phenoxy) is 1. The van der Waals surface area contributed by atoms with Crippen LogP contribution in [0, 0.1) is 17.8 Å². The molecule has 1 aromatic carbocycles. The summed E-state index contributed by atoms with van der Waals surface area (Å²) in [6.07, 6.45) is 0.455. The van der Waals surface area contributed by atoms with Gasteiger partial charge in [0.1, 0.15) is 28.6 Å². The molecule has 0 aliphatic heterocycles. The van der Waals surface area contributed by atoms with Crippen molar-refractivity contribution in [3.8, 4) is 0 Å². The van der Waals surface area contributed by atoms with Gasteiger partial charge in [-0.3, -0.25) is 18.9 Å². The smallest absolute Gasteiger partial charge is 0.347 e. The number of nitrogens with one attached hydrogen (secondary N) is 3. The van der Waals surface area contributed by atoms with Crippen molar-refractivity contribution in [1.82, 2.24) is 25.8 Å². The molecule has 0 spiro atoms. The fourth-order valence-electron chi connectivity index (χ4n) is 5.33. The Hall–Kier alpha value is -2.67. The van der Waals surface area contributed by atoms with Crippen molar-refractivity contribution in [3.05, 3.63) is 52.0 Å². The molecule has 0 bridgehead atoms. The van der Waals surface area contributed by atoms with Gasteiger partial charge in [0.15, 0.2) is 0 Å². The normalized spacial score (nSPS) is 15.9. The van der Waals surface area contributed by atoms with Crippen LogP contribution in [0.2, 0.25) is 0 Å². The van der Waals surface area contributed by atoms with Crippen molar-refractivity contribution >= 4 is 36.7 Å². The van der Waals surface area contributed by atoms with E-state index in [0.717, 1.165) is 0 Å². The lowest BCUT2D eigenvalue weighted by atomic mass is 9.92. The summed E-state index contributed by atoms with van der Waals surface area (Å²) in [5.74, 6) is -2.59. The third-order valence-electron chi connectivity index (χ3n) is 8.40. The van der Waals surface area contributed by atoms with Crippen molar-refractivity contribution in [2.45, 2.75) is 90.8 Å². The van der Waals surface area contributed by atoms with E-state index in [1.54, 1.807) is 49.3 Å². The molecule has 5 N–H and O–H groups in total. The summed E-state index contributed by atoms with van der Waals surface area (Å²) >= 11 is 1.20. The largest absolute Gasteiger partial charge is 0.374 e. The predicted octanol–water partition coefficient (Wildman–Crippen LogP) is 3.95. The third-order valence-corrected chi connectivity index (χ3v) is 10.5. The first kappa shape index (κ1) is 39.5. The second kappa shape index (κ2) is 18.0. The molecule has 1 heterocycles. The Labute approximate surface area is 277 Å². The number of aromatic nitrogens is 1. The minimum absolute atomic E-state index is 0.0166. The summed E-state index contributed by atoms with van der Waals surface area (Å²) in [5, 5.41) is 10.5. The van der Waals surface area contributed by atoms with E-state index in [1.165, 1.54) is 23.8 Å². The number of benzene rings is 1. The average molecular weight is 682 g/mol. The van der Waals surface area contributed by atoms with Gasteiger partial charge in [0.05, 0.1) is 6.04 Å². The Morgan fingerprint density at radius 1 is 1.02 bits per heavy atom. The van der Waals surface area contributed by atoms with Crippen LogP contribution in [0.4, 0.5) is 0 Å². The molecule has 0 fully saturated rings. The van der Waals surface area contributed by atoms with E-state index in [0.29, 0.717) is 23.4 Å². The second-order valence-electron chi connectivity index (χ2n) is 12.4. The number of nitrogens with zero attached hydrogens (tertiary/aromatic N) is 2. The standard InChI is InChI=1S/C32H52N5O7PS/c1-10-21(6)28(36-30(39)27(33-7)20(4)5)32(40)37(8)24(19(2)3)17-25(44-9)31-34-23(18-46-31)29(38)35-26(45(41,42)43)16-22-14-12-11-13-15-22/h11-15,18-21,24-28,33H,10,16-17H2,1-9H3,(H,35,38)(H,36,39)(H2,41,42,43)/t21?,24-,25?,26-,27+,28+/m1/s1. The van der Waals surface area contributed by atoms with Crippen LogP contribution in [0.5, 0.6) is 0 Å². The molecule has 0 aliphatic carbocycles. The molecule has 14 heteroatoms. The minimum atomic E-state index is -4.67. The number of carbonyl (C=O) groups excluding carboxylic acids is 3. The van der Waals surface area contributed by atoms with E-state index in [-0.39, 0.29) is 47.7 Å². The summed E-state index contributed by atoms with van der Waals surface area (Å²) in [5.41, 5.74) is 0.688. The van der Waals surface area contributed by atoms with Crippen molar-refractivity contribution in [3.63, 3.8) is 0 Å². The average Bonchev–Trinajstić information content (AvgIpc) is 3.49. The summed E-state index contributed by atoms with van der Waals surface area (Å²) in [7, 11) is 0.314. The number of thiazole rings is 1. The number of amides is 3. The Kier molecular flexibility index (Phi) is 15.5. The van der Waals surface area contributed by atoms with Gasteiger partial charge in [-0.2, -0.15) is 0 Å². The van der Waals surface area contributed by atoms with Gasteiger partial charge in [-0.25, -0.2) is 4.98 Å². The second-order valence-corrected chi connectivity index (χ2v) is 15.1. The number of rotatable bonds is 18. The lowest BCUT2D eigenvalue weighted by Gasteiger charge is -2.37. The maximum Gasteiger partial charge on any atom is 0.347 e. The van der Waals surface area contributed by atoms with Crippen molar-refractivity contribution < 1.29 is 33.5 Å². The lowest BCUT2D eigenvalue weighted by molar-refractivity contribution is -0.140. The first-order valence-electron chi connectivity index (χ1n) is 15.7. The van der Waals surface area contributed by atoms with Crippen LogP contribution in [0.1, 0.15) is 81.5 Å². The fraction of sp³-hybridized carbons (Fsp3) is 0.625. The van der Waals surface area contributed by atoms with Crippen LogP contribution in [0.15, 0.2) is 35.7 Å². The van der Waals surface area contributed by atoms with Crippen LogP contribution in [-0.2, 0) is 25.3 Å². The topological polar surface area (TPSA) is 170 Å². The van der Waals surface area contributed by atoms with E-state index in [4.69, 9.17) is 4.74 Å². The van der Waals surface area contributed by atoms with Gasteiger partial charge in [0.2, 0.25) is 11.8 Å². The van der Waals surface area contributed by atoms with Crippen LogP contribution in [0.25, 0.3) is 0 Å². The van der Waals surface area contributed by atoms with E-state index >= 15 is 0 Å². The highest BCUT2D eigenvalue weighted by Gasteiger charge is 2.36. The number of carbonyl (C=O) groups is 3. The van der Waals surface area contributed by atoms with Gasteiger partial charge >= 0.3 is 7.60 Å². The van der Waals surface area contributed by atoms with Gasteiger partial charge in [-0.15, -0.1) is 11.3 Å². The Morgan fingerprint density at radius 3 is 2.15 bits per heavy atom. The molecular formula is C32H52N5O7PS. The van der Waals surface area contributed by atoms with Crippen molar-refractivity contribution in [2.75, 3.05) is 21.2 Å². The highest BCUT2D eigenvalue weighted by atomic mass is 32.1. The van der Waals surface area contributed by atoms with Gasteiger partial charge < -0.3 is 35.4 Å². The van der Waals surface area contributed by atoms with Crippen LogP contribution in [0.3, 0.4) is 0 Å². The maximum atomic E-state index is 13.9. The van der Waals surface area contributed by atoms with Crippen LogP contribution >= 0.6 is 18.9 Å². The Morgan fingerprint density at radius 2 is 1.65 bits per heavy atom. The highest BCUT2D eigenvalue weighted by molar-refractivity contribution is 7.52. The quantitative estimate of drug-likeness (QED) is 0.146. The van der Waals surface area contributed by atoms with Crippen LogP contribution in [-0.4, -0.2) is 82.5 Å². The number of hydrogen-bond acceptors (Lipinski definition) is 8. The molecule has 0 radical (unpaired) electrons. The van der Waals surface area contributed by atoms with Crippen molar-refractivity contribution in [1.29, 1.82) is 0 Å². The van der Waals surface area contributed by atoms with Gasteiger partial charge in [0, 0.05) is 38.4 Å². The summed E-state index contributed by atoms with van der Waals surface area (Å²) in [6.45, 7) is 11.8. The number of hydrogen-bond donors (Lipinski definition) is 5. The van der Waals surface area contributed by atoms with Crippen molar-refractivity contribution in [2.24, 2.45) is 17.8 Å². The molecule has 46 heavy (non-hydrogen) atoms. The molecule has 0 saturated heterocycles. The minimum Gasteiger partial charge on any atom is -0.374 e. The molecule has 2 aromatic rings. The van der Waals surface area contributed by atoms with Gasteiger partial charge in [-0.05, 0) is 30.4 Å². The summed E-state index contributed by atoms with van der Waals surface area (Å²) in [6, 6.07) is 7.33. The zero-order valence-corrected chi connectivity index (χ0v) is 30.1. The maximum absolute atomic E-state index is 13.9. The first-order valence-corrected chi connectivity index (χ1v) is 18.2. The molecule has 0 saturated carbocycles. The van der Waals surface area contributed by atoms with E-state index in [1.807, 2.05) is 41.5 Å². The predicted molar refractivity (Wildman–Crippen MR) is 180 cm³/mol. The Balaban J connectivity index is 2.24. The summed E-state index contributed by atoms with van der Waals surface area (Å²) in [4.78, 5) is 66.1. The molecule has 0 aliphatic rings. The van der Waals surface area contributed by atoms with Crippen LogP contribution < -0.4 is 16.0 Å². The lowest BCUT2D eigenvalue weighted by Crippen LogP contribution is -2.57. The SMILES string of the molecule is CCC(C)[C@H](NC(=O)[C@@H](NC)C(C)C)C(=O)N(C)[C@H](CC(OC)c1nc(C(=O)N[C@@H](Cc2ccccc2)P(=O)(O)O)cs1)C(C)C. The van der Waals surface area contributed by atoms with E-state index in [2.05, 4.69) is 20.9 Å². The fourth-order valence-corrected chi connectivity index (χ4v) is 6.95. The zero-order valence-electron chi connectivity index (χ0n) is 28.4. The molecule has 3 amide bonds. The monoisotopic (exact) mass is 681 g/mol. The van der Waals surface area contributed by atoms with Gasteiger partial charge in [0.25, 0.3) is 5.91 Å². The number of likely N-dealkylation sites (N-methyl/N-ethyl adjacent to an activating group) is 2. The van der Waals surface area contributed by atoms with E-state index < -0.39 is 37.5 Å². The van der Waals surface area contributed by atoms with E-state index in [9.17, 15) is 28.7 Å². The molecule has 12 nitrogen and oxygen atoms in total. The Bertz CT molecular complexity index is 1320.